The van der Waals surface area contributed by atoms with Gasteiger partial charge in [-0.3, -0.25) is 0 Å². The van der Waals surface area contributed by atoms with Crippen LogP contribution in [0.15, 0.2) is 97.1 Å². The molecule has 2 unspecified atom stereocenters. The highest BCUT2D eigenvalue weighted by Gasteiger charge is 2.27. The van der Waals surface area contributed by atoms with Crippen LogP contribution in [-0.2, 0) is 11.2 Å². The van der Waals surface area contributed by atoms with Crippen LogP contribution in [0, 0.1) is 5.92 Å². The molecule has 1 aliphatic carbocycles. The lowest BCUT2D eigenvalue weighted by atomic mass is 9.73. The fourth-order valence-corrected chi connectivity index (χ4v) is 5.58. The van der Waals surface area contributed by atoms with E-state index >= 15 is 0 Å². The molecule has 1 N–H and O–H groups in total. The number of fused-ring (bicyclic) bond motifs is 2. The highest BCUT2D eigenvalue weighted by Crippen LogP contribution is 2.40. The van der Waals surface area contributed by atoms with Gasteiger partial charge in [0, 0.05) is 25.7 Å². The summed E-state index contributed by atoms with van der Waals surface area (Å²) in [5.74, 6) is 1.24. The lowest BCUT2D eigenvalue weighted by molar-refractivity contribution is 0.199. The SMILES string of the molecule is CC.CC.CC.CCCOC.C[C@@H](NCCC1Cc2ccccc2C(c2ccccc2)C1)c1cccc2ccccc12. The van der Waals surface area contributed by atoms with Gasteiger partial charge in [-0.2, -0.15) is 0 Å². The first-order valence-corrected chi connectivity index (χ1v) is 16.5. The van der Waals surface area contributed by atoms with Crippen LogP contribution in [0.5, 0.6) is 0 Å². The van der Waals surface area contributed by atoms with Gasteiger partial charge < -0.3 is 10.1 Å². The van der Waals surface area contributed by atoms with Crippen molar-refractivity contribution < 1.29 is 4.74 Å². The molecule has 4 aromatic rings. The molecule has 0 spiro atoms. The van der Waals surface area contributed by atoms with Crippen LogP contribution in [0.25, 0.3) is 10.8 Å². The minimum atomic E-state index is 0.354. The van der Waals surface area contributed by atoms with Crippen LogP contribution in [0.4, 0.5) is 0 Å². The smallest absolute Gasteiger partial charge is 0.0459 e. The zero-order valence-corrected chi connectivity index (χ0v) is 28.1. The van der Waals surface area contributed by atoms with E-state index in [2.05, 4.69) is 116 Å². The van der Waals surface area contributed by atoms with E-state index in [9.17, 15) is 0 Å². The Morgan fingerprint density at radius 2 is 1.38 bits per heavy atom. The Morgan fingerprint density at radius 1 is 0.762 bits per heavy atom. The molecule has 0 saturated heterocycles. The summed E-state index contributed by atoms with van der Waals surface area (Å²) >= 11 is 0. The predicted octanol–water partition coefficient (Wildman–Crippen LogP) is 11.4. The van der Waals surface area contributed by atoms with E-state index in [0.29, 0.717) is 17.9 Å². The number of hydrogen-bond acceptors (Lipinski definition) is 2. The number of hydrogen-bond donors (Lipinski definition) is 1. The van der Waals surface area contributed by atoms with E-state index in [1.165, 1.54) is 52.3 Å². The van der Waals surface area contributed by atoms with E-state index in [1.54, 1.807) is 7.11 Å². The van der Waals surface area contributed by atoms with Crippen LogP contribution >= 0.6 is 0 Å². The molecular formula is C40H59NO. The molecule has 230 valence electrons. The van der Waals surface area contributed by atoms with Crippen molar-refractivity contribution in [3.8, 4) is 0 Å². The predicted molar refractivity (Wildman–Crippen MR) is 188 cm³/mol. The normalized spacial score (nSPS) is 15.5. The fraction of sp³-hybridized carbons (Fsp3) is 0.450. The summed E-state index contributed by atoms with van der Waals surface area (Å²) in [6, 6.07) is 35.8. The van der Waals surface area contributed by atoms with E-state index < -0.39 is 0 Å². The number of ether oxygens (including phenoxy) is 1. The van der Waals surface area contributed by atoms with Crippen molar-refractivity contribution in [1.29, 1.82) is 0 Å². The molecule has 5 rings (SSSR count). The van der Waals surface area contributed by atoms with Gasteiger partial charge in [-0.1, -0.05) is 146 Å². The third-order valence-electron chi connectivity index (χ3n) is 7.41. The zero-order valence-electron chi connectivity index (χ0n) is 28.1. The Bertz CT molecular complexity index is 1200. The van der Waals surface area contributed by atoms with Crippen LogP contribution < -0.4 is 5.32 Å². The molecule has 2 nitrogen and oxygen atoms in total. The second kappa shape index (κ2) is 22.6. The van der Waals surface area contributed by atoms with Crippen molar-refractivity contribution in [2.75, 3.05) is 20.3 Å². The van der Waals surface area contributed by atoms with E-state index in [0.717, 1.165) is 19.6 Å². The molecule has 0 heterocycles. The first kappa shape index (κ1) is 37.1. The maximum atomic E-state index is 4.69. The number of benzene rings is 4. The van der Waals surface area contributed by atoms with Gasteiger partial charge in [-0.25, -0.2) is 0 Å². The fourth-order valence-electron chi connectivity index (χ4n) is 5.58. The zero-order chi connectivity index (χ0) is 31.2. The maximum Gasteiger partial charge on any atom is 0.0459 e. The van der Waals surface area contributed by atoms with Gasteiger partial charge in [0.1, 0.15) is 0 Å². The minimum Gasteiger partial charge on any atom is -0.385 e. The monoisotopic (exact) mass is 569 g/mol. The summed E-state index contributed by atoms with van der Waals surface area (Å²) < 4.78 is 4.69. The topological polar surface area (TPSA) is 21.3 Å². The Hall–Kier alpha value is -2.94. The summed E-state index contributed by atoms with van der Waals surface area (Å²) in [5, 5.41) is 6.50. The molecule has 0 radical (unpaired) electrons. The molecular weight excluding hydrogens is 510 g/mol. The summed E-state index contributed by atoms with van der Waals surface area (Å²) in [4.78, 5) is 0. The van der Waals surface area contributed by atoms with Gasteiger partial charge >= 0.3 is 0 Å². The summed E-state index contributed by atoms with van der Waals surface area (Å²) in [7, 11) is 1.71. The summed E-state index contributed by atoms with van der Waals surface area (Å²) in [6.45, 7) is 18.3. The molecule has 0 aliphatic heterocycles. The van der Waals surface area contributed by atoms with Crippen molar-refractivity contribution in [1.82, 2.24) is 5.32 Å². The average Bonchev–Trinajstić information content (AvgIpc) is 3.08. The first-order chi connectivity index (χ1) is 20.7. The first-order valence-electron chi connectivity index (χ1n) is 16.5. The lowest BCUT2D eigenvalue weighted by Gasteiger charge is -2.32. The molecule has 0 bridgehead atoms. The molecule has 1 aliphatic rings. The van der Waals surface area contributed by atoms with E-state index in [1.807, 2.05) is 41.5 Å². The Morgan fingerprint density at radius 3 is 2.05 bits per heavy atom. The maximum absolute atomic E-state index is 4.69. The minimum absolute atomic E-state index is 0.354. The second-order valence-corrected chi connectivity index (χ2v) is 9.99. The highest BCUT2D eigenvalue weighted by atomic mass is 16.5. The van der Waals surface area contributed by atoms with Crippen LogP contribution in [0.2, 0.25) is 0 Å². The van der Waals surface area contributed by atoms with Crippen LogP contribution in [0.3, 0.4) is 0 Å². The third kappa shape index (κ3) is 11.4. The van der Waals surface area contributed by atoms with Crippen molar-refractivity contribution in [3.63, 3.8) is 0 Å². The Balaban J connectivity index is 0.000000707. The van der Waals surface area contributed by atoms with Gasteiger partial charge in [0.2, 0.25) is 0 Å². The van der Waals surface area contributed by atoms with Crippen molar-refractivity contribution in [2.45, 2.75) is 93.0 Å². The number of rotatable bonds is 8. The molecule has 0 saturated carbocycles. The largest absolute Gasteiger partial charge is 0.385 e. The van der Waals surface area contributed by atoms with E-state index in [-0.39, 0.29) is 0 Å². The van der Waals surface area contributed by atoms with Crippen LogP contribution in [-0.4, -0.2) is 20.3 Å². The van der Waals surface area contributed by atoms with Gasteiger partial charge in [0.05, 0.1) is 0 Å². The molecule has 42 heavy (non-hydrogen) atoms. The van der Waals surface area contributed by atoms with Crippen molar-refractivity contribution in [2.24, 2.45) is 5.92 Å². The van der Waals surface area contributed by atoms with Gasteiger partial charge in [-0.05, 0) is 78.1 Å². The summed E-state index contributed by atoms with van der Waals surface area (Å²) in [5.41, 5.74) is 5.92. The number of methoxy groups -OCH3 is 1. The number of nitrogens with one attached hydrogen (secondary N) is 1. The van der Waals surface area contributed by atoms with Crippen molar-refractivity contribution in [3.05, 3.63) is 119 Å². The van der Waals surface area contributed by atoms with E-state index in [4.69, 9.17) is 4.74 Å². The van der Waals surface area contributed by atoms with Gasteiger partial charge in [0.25, 0.3) is 0 Å². The van der Waals surface area contributed by atoms with Gasteiger partial charge in [0.15, 0.2) is 0 Å². The molecule has 0 aromatic heterocycles. The average molecular weight is 570 g/mol. The molecule has 2 heteroatoms. The molecule has 0 fully saturated rings. The summed E-state index contributed by atoms with van der Waals surface area (Å²) in [6.07, 6.45) is 4.78. The molecule has 4 aromatic carbocycles. The van der Waals surface area contributed by atoms with Gasteiger partial charge in [-0.15, -0.1) is 0 Å². The quantitative estimate of drug-likeness (QED) is 0.228. The Kier molecular flexibility index (Phi) is 20.0. The van der Waals surface area contributed by atoms with Crippen molar-refractivity contribution >= 4 is 10.8 Å². The standard InChI is InChI=1S/C30H31N.C4H10O.3C2H6/c1-22(27-17-9-14-24-12-5-7-15-28(24)27)31-19-18-23-20-26-13-6-8-16-29(26)30(21-23)25-10-3-2-4-11-25;1-3-4-5-2;3*1-2/h2-17,22-23,30-31H,18-21H2,1H3;3-4H2,1-2H3;3*1-2H3/t22-,23?,30?;;;;/m1..../s1. The Labute approximate surface area is 258 Å². The second-order valence-electron chi connectivity index (χ2n) is 9.99. The molecule has 3 atom stereocenters. The molecule has 0 amide bonds. The lowest BCUT2D eigenvalue weighted by Crippen LogP contribution is -2.26. The highest BCUT2D eigenvalue weighted by molar-refractivity contribution is 5.86. The third-order valence-corrected chi connectivity index (χ3v) is 7.41. The van der Waals surface area contributed by atoms with Crippen LogP contribution in [0.1, 0.15) is 109 Å².